The van der Waals surface area contributed by atoms with Crippen molar-refractivity contribution >= 4 is 125 Å². The Morgan fingerprint density at radius 2 is 0.589 bits per heavy atom. The lowest BCUT2D eigenvalue weighted by molar-refractivity contribution is 0.0377. The van der Waals surface area contributed by atoms with E-state index in [4.69, 9.17) is 81.2 Å². The summed E-state index contributed by atoms with van der Waals surface area (Å²) in [6, 6.07) is 44.9. The smallest absolute Gasteiger partial charge is 0.159 e. The second-order valence-electron chi connectivity index (χ2n) is 30.5. The van der Waals surface area contributed by atoms with Crippen LogP contribution in [0.15, 0.2) is 152 Å². The molecular weight excluding hydrogens is 1500 g/mol. The van der Waals surface area contributed by atoms with E-state index in [-0.39, 0.29) is 11.6 Å². The number of rotatable bonds is 12. The second-order valence-corrected chi connectivity index (χ2v) is 33.5. The number of benzene rings is 8. The summed E-state index contributed by atoms with van der Waals surface area (Å²) in [7, 11) is 8.46. The molecule has 0 aliphatic carbocycles. The molecule has 8 aromatic carbocycles. The van der Waals surface area contributed by atoms with Crippen molar-refractivity contribution in [3.8, 4) is 0 Å². The van der Waals surface area contributed by atoms with Gasteiger partial charge in [-0.25, -0.2) is 13.2 Å². The third kappa shape index (κ3) is 16.6. The first-order valence-electron chi connectivity index (χ1n) is 35.9. The molecule has 4 N–H and O–H groups in total. The first-order valence-corrected chi connectivity index (χ1v) is 38.5. The van der Waals surface area contributed by atoms with Crippen molar-refractivity contribution in [3.05, 3.63) is 277 Å². The molecule has 0 radical (unpaired) electrons. The number of likely N-dealkylation sites (N-methyl/N-ethyl adjacent to an activating group) is 4. The lowest BCUT2D eigenvalue weighted by Gasteiger charge is -2.29. The Bertz CT molecular complexity index is 4960. The number of aromatic nitrogens is 4. The predicted molar refractivity (Wildman–Crippen MR) is 432 cm³/mol. The Balaban J connectivity index is 0.000000126. The van der Waals surface area contributed by atoms with Gasteiger partial charge in [-0.1, -0.05) is 118 Å². The summed E-state index contributed by atoms with van der Waals surface area (Å²) in [6.45, 7) is 18.0. The van der Waals surface area contributed by atoms with Crippen molar-refractivity contribution in [2.75, 3.05) is 54.4 Å². The van der Waals surface area contributed by atoms with Crippen LogP contribution in [0.5, 0.6) is 0 Å². The Morgan fingerprint density at radius 1 is 0.318 bits per heavy atom. The molecule has 22 heteroatoms. The van der Waals surface area contributed by atoms with Crippen LogP contribution in [0.2, 0.25) is 35.2 Å². The number of fused-ring (bicyclic) bond motifs is 12. The van der Waals surface area contributed by atoms with Crippen LogP contribution in [0.1, 0.15) is 101 Å². The number of halogens is 10. The highest BCUT2D eigenvalue weighted by atomic mass is 35.5. The first kappa shape index (κ1) is 78.5. The summed E-state index contributed by atoms with van der Waals surface area (Å²) in [5, 5.41) is 53.7. The lowest BCUT2D eigenvalue weighted by atomic mass is 9.94. The Labute approximate surface area is 658 Å². The van der Waals surface area contributed by atoms with Crippen LogP contribution in [0, 0.1) is 24.4 Å². The maximum Gasteiger partial charge on any atom is 0.159 e. The Morgan fingerprint density at radius 3 is 0.897 bits per heavy atom. The van der Waals surface area contributed by atoms with Gasteiger partial charge in [-0.05, 0) is 228 Å². The van der Waals surface area contributed by atoms with E-state index in [0.717, 1.165) is 160 Å². The van der Waals surface area contributed by atoms with Gasteiger partial charge in [-0.2, -0.15) is 0 Å². The molecular formula is C85H88Cl7F3N8O4. The van der Waals surface area contributed by atoms with Gasteiger partial charge >= 0.3 is 0 Å². The van der Waals surface area contributed by atoms with Crippen LogP contribution in [-0.4, -0.2) is 113 Å². The summed E-state index contributed by atoms with van der Waals surface area (Å²) in [5.74, 6) is -2.40. The number of nitrogens with zero attached hydrogens (tertiary/aromatic N) is 8. The van der Waals surface area contributed by atoms with Gasteiger partial charge in [0.1, 0.15) is 28.2 Å². The van der Waals surface area contributed by atoms with Crippen LogP contribution >= 0.6 is 81.2 Å². The van der Waals surface area contributed by atoms with Gasteiger partial charge in [0.25, 0.3) is 0 Å². The molecule has 4 aromatic heterocycles. The van der Waals surface area contributed by atoms with Gasteiger partial charge in [0.2, 0.25) is 0 Å². The minimum Gasteiger partial charge on any atom is -0.384 e. The Hall–Kier alpha value is -6.58. The average Bonchev–Trinajstić information content (AvgIpc) is 1.62. The molecule has 4 atom stereocenters. The number of aryl methyl sites for hydroxylation is 1. The molecule has 107 heavy (non-hydrogen) atoms. The summed E-state index contributed by atoms with van der Waals surface area (Å²) in [5.41, 5.74) is 13.3. The van der Waals surface area contributed by atoms with Gasteiger partial charge in [-0.3, -0.25) is 0 Å². The van der Waals surface area contributed by atoms with Crippen molar-refractivity contribution in [1.29, 1.82) is 0 Å². The minimum atomic E-state index is -1.35. The minimum absolute atomic E-state index is 0.0519. The van der Waals surface area contributed by atoms with Crippen molar-refractivity contribution in [3.63, 3.8) is 0 Å². The fourth-order valence-electron chi connectivity index (χ4n) is 16.0. The maximum absolute atomic E-state index is 13.9. The molecule has 562 valence electrons. The van der Waals surface area contributed by atoms with Crippen LogP contribution in [0.3, 0.4) is 0 Å². The van der Waals surface area contributed by atoms with E-state index >= 15 is 0 Å². The summed E-state index contributed by atoms with van der Waals surface area (Å²) in [6.07, 6.45) is 3.68. The van der Waals surface area contributed by atoms with Gasteiger partial charge in [-0.15, -0.1) is 0 Å². The molecule has 4 unspecified atom stereocenters. The largest absolute Gasteiger partial charge is 0.384 e. The second kappa shape index (κ2) is 31.3. The molecule has 4 aliphatic rings. The summed E-state index contributed by atoms with van der Waals surface area (Å²) < 4.78 is 49.7. The normalized spacial score (nSPS) is 17.1. The molecule has 16 rings (SSSR count). The van der Waals surface area contributed by atoms with E-state index in [1.54, 1.807) is 19.9 Å². The number of aliphatic hydroxyl groups is 4. The number of hydrogen-bond acceptors (Lipinski definition) is 8. The zero-order chi connectivity index (χ0) is 76.5. The van der Waals surface area contributed by atoms with Gasteiger partial charge < -0.3 is 58.3 Å². The maximum atomic E-state index is 13.9. The zero-order valence-corrected chi connectivity index (χ0v) is 66.7. The molecule has 12 nitrogen and oxygen atoms in total. The average molecular weight is 1590 g/mol. The van der Waals surface area contributed by atoms with E-state index in [0.29, 0.717) is 45.8 Å². The van der Waals surface area contributed by atoms with Crippen molar-refractivity contribution < 1.29 is 33.6 Å². The fraction of sp³-hybridized carbons (Fsp3) is 0.341. The van der Waals surface area contributed by atoms with Crippen molar-refractivity contribution in [2.24, 2.45) is 0 Å². The third-order valence-electron chi connectivity index (χ3n) is 21.8. The lowest BCUT2D eigenvalue weighted by Crippen LogP contribution is -2.31. The van der Waals surface area contributed by atoms with E-state index in [1.807, 2.05) is 124 Å². The molecule has 0 bridgehead atoms. The van der Waals surface area contributed by atoms with Gasteiger partial charge in [0.15, 0.2) is 11.6 Å². The van der Waals surface area contributed by atoms with Gasteiger partial charge in [0, 0.05) is 175 Å². The molecule has 4 aliphatic heterocycles. The van der Waals surface area contributed by atoms with Crippen molar-refractivity contribution in [2.45, 2.75) is 135 Å². The first-order chi connectivity index (χ1) is 50.6. The molecule has 12 aromatic rings. The topological polar surface area (TPSA) is 114 Å². The third-order valence-corrected chi connectivity index (χ3v) is 23.7. The molecule has 8 heterocycles. The predicted octanol–water partition coefficient (Wildman–Crippen LogP) is 19.4. The zero-order valence-electron chi connectivity index (χ0n) is 61.4. The van der Waals surface area contributed by atoms with E-state index in [9.17, 15) is 33.6 Å². The molecule has 0 amide bonds. The van der Waals surface area contributed by atoms with Crippen LogP contribution < -0.4 is 0 Å². The summed E-state index contributed by atoms with van der Waals surface area (Å²) in [4.78, 5) is 9.18. The Kier molecular flexibility index (Phi) is 23.0. The van der Waals surface area contributed by atoms with E-state index in [2.05, 4.69) is 78.2 Å². The van der Waals surface area contributed by atoms with Gasteiger partial charge in [0.05, 0.1) is 31.2 Å². The van der Waals surface area contributed by atoms with Crippen LogP contribution in [-0.2, 0) is 100 Å². The monoisotopic (exact) mass is 1590 g/mol. The van der Waals surface area contributed by atoms with E-state index in [1.165, 1.54) is 68.3 Å². The fourth-order valence-corrected chi connectivity index (χ4v) is 17.0. The molecule has 0 saturated carbocycles. The highest BCUT2D eigenvalue weighted by Crippen LogP contribution is 2.42. The van der Waals surface area contributed by atoms with E-state index < -0.39 is 39.9 Å². The highest BCUT2D eigenvalue weighted by Gasteiger charge is 2.35. The van der Waals surface area contributed by atoms with Crippen LogP contribution in [0.25, 0.3) is 43.6 Å². The number of hydrogen-bond donors (Lipinski definition) is 4. The van der Waals surface area contributed by atoms with Crippen molar-refractivity contribution in [1.82, 2.24) is 37.9 Å². The molecule has 0 saturated heterocycles. The highest BCUT2D eigenvalue weighted by molar-refractivity contribution is 6.33. The molecule has 0 spiro atoms. The van der Waals surface area contributed by atoms with Crippen LogP contribution in [0.4, 0.5) is 13.2 Å². The standard InChI is InChI=1S/C22H24Cl2N2O.C21H21Cl2FN2O.C21H22Cl2N2O.C21H21ClF2N2O/c1-14-10-15(4-6-19(14)24)22(2,27)13-26-20-7-5-16(23)11-17(20)18-12-25(3)9-8-21(18)26;1-21(27,13-3-5-17(23)18(24)9-13)12-26-19-6-4-14(22)10-15(19)16-11-25(2)8-7-20(16)26;1-21(26,14-3-5-15(22)6-4-14)13-25-19-8-7-16(23)11-17(19)18-12-24(2)10-9-20(18)25;1-21(27,13-3-5-17(23)18(24)9-13)12-26-19-6-4-14(22)10-15(19)16-11-25(2)8-7-20(16)26/h4-7,10-11,27H,8-9,12-13H2,1-3H3;3-6,9-10,27H,7-8,11-12H2,1-2H3;3-8,11,26H,9-10,12-13H2,1-2H3;3-6,9-10,27H,7-8,11-12H2,1-2H3. The quantitative estimate of drug-likeness (QED) is 0.0957. The SMILES string of the molecule is CN1CCc2c(c3cc(Cl)ccc3n2CC(C)(O)c2ccc(Cl)c(F)c2)C1.CN1CCc2c(c3cc(Cl)ccc3n2CC(C)(O)c2ccc(Cl)cc2)C1.CN1CCc2c(c3cc(Cl)ccc3n2CC(C)(O)c2ccc(F)c(F)c2)C1.Cc1cc(C(C)(O)Cn2c3c(c4cc(Cl)ccc42)CN(C)CC3)ccc1Cl. The molecule has 0 fully saturated rings. The summed E-state index contributed by atoms with van der Waals surface area (Å²) >= 11 is 43.0.